The number of amides is 12. The molecule has 0 saturated carbocycles. The second kappa shape index (κ2) is 31.7. The summed E-state index contributed by atoms with van der Waals surface area (Å²) in [6, 6.07) is -5.48. The first-order valence-corrected chi connectivity index (χ1v) is 24.1. The van der Waals surface area contributed by atoms with E-state index in [1.54, 1.807) is 30.3 Å². The fraction of sp³-hybridized carbons (Fsp3) is 0.596. The van der Waals surface area contributed by atoms with E-state index in [1.165, 1.54) is 76.2 Å². The van der Waals surface area contributed by atoms with Gasteiger partial charge in [0.1, 0.15) is 72.5 Å². The maximum Gasteiger partial charge on any atom is 0.325 e. The summed E-state index contributed by atoms with van der Waals surface area (Å²) in [6.07, 6.45) is 1.46. The van der Waals surface area contributed by atoms with Crippen LogP contribution in [0.5, 0.6) is 0 Å². The molecule has 74 heavy (non-hydrogen) atoms. The van der Waals surface area contributed by atoms with Crippen molar-refractivity contribution in [2.45, 2.75) is 174 Å². The van der Waals surface area contributed by atoms with Crippen LogP contribution < -0.4 is 69.5 Å². The zero-order chi connectivity index (χ0) is 56.6. The molecule has 0 unspecified atom stereocenters. The molecule has 0 aliphatic rings. The van der Waals surface area contributed by atoms with Crippen molar-refractivity contribution in [2.24, 2.45) is 5.73 Å². The molecule has 0 spiro atoms. The maximum atomic E-state index is 13.6. The Morgan fingerprint density at radius 2 is 0.649 bits per heavy atom. The molecule has 12 amide bonds. The quantitative estimate of drug-likeness (QED) is 0.0323. The number of unbranched alkanes of at least 4 members (excludes halogenated alkanes) is 1. The van der Waals surface area contributed by atoms with Gasteiger partial charge in [-0.15, -0.1) is 0 Å². The van der Waals surface area contributed by atoms with Crippen LogP contribution in [-0.4, -0.2) is 161 Å². The molecule has 1 rings (SSSR count). The minimum atomic E-state index is -1.28. The molecule has 0 radical (unpaired) electrons. The number of carbonyl (C=O) groups is 13. The number of aliphatic carboxylic acids is 1. The summed E-state index contributed by atoms with van der Waals surface area (Å²) < 4.78 is 0. The molecule has 0 aliphatic heterocycles. The largest absolute Gasteiger partial charge is 0.480 e. The molecule has 0 bridgehead atoms. The van der Waals surface area contributed by atoms with Crippen LogP contribution in [0.25, 0.3) is 0 Å². The third-order valence-electron chi connectivity index (χ3n) is 11.1. The first-order chi connectivity index (χ1) is 34.5. The average Bonchev–Trinajstić information content (AvgIpc) is 3.32. The SMILES string of the molecule is CC(=O)N[C@@H](CCCCN)C(=O)N[C@@H](Cc1ccccc1)C(=O)N[C@@H](C)C(=O)N[C@@H](C)C(=O)N[C@@H](C)C(=O)N[C@@H](C)C(=O)N[C@@H](C)C(=O)N[C@@H](C)C(=O)N[C@@H](C)C(=O)N[C@@H](C)C(=O)N[C@@H](C)C(=O)N[C@@H](C)C(=O)O. The van der Waals surface area contributed by atoms with Crippen molar-refractivity contribution < 1.29 is 67.4 Å². The highest BCUT2D eigenvalue weighted by Crippen LogP contribution is 2.07. The summed E-state index contributed by atoms with van der Waals surface area (Å²) in [6.45, 7) is 14.7. The molecule has 0 fully saturated rings. The number of hydrogen-bond acceptors (Lipinski definition) is 14. The maximum absolute atomic E-state index is 13.6. The molecule has 0 aliphatic carbocycles. The van der Waals surface area contributed by atoms with E-state index in [1.807, 2.05) is 0 Å². The highest BCUT2D eigenvalue weighted by Gasteiger charge is 2.32. The highest BCUT2D eigenvalue weighted by atomic mass is 16.4. The smallest absolute Gasteiger partial charge is 0.325 e. The third-order valence-corrected chi connectivity index (χ3v) is 11.1. The lowest BCUT2D eigenvalue weighted by Crippen LogP contribution is -2.59. The lowest BCUT2D eigenvalue weighted by atomic mass is 10.0. The van der Waals surface area contributed by atoms with Gasteiger partial charge < -0.3 is 74.6 Å². The van der Waals surface area contributed by atoms with Crippen LogP contribution in [0.4, 0.5) is 0 Å². The Morgan fingerprint density at radius 3 is 0.919 bits per heavy atom. The van der Waals surface area contributed by atoms with E-state index >= 15 is 0 Å². The third kappa shape index (κ3) is 23.2. The Kier molecular flexibility index (Phi) is 27.5. The predicted molar refractivity (Wildman–Crippen MR) is 266 cm³/mol. The number of carboxylic acids is 1. The van der Waals surface area contributed by atoms with Crippen molar-refractivity contribution in [3.05, 3.63) is 35.9 Å². The van der Waals surface area contributed by atoms with Gasteiger partial charge in [-0.2, -0.15) is 0 Å². The van der Waals surface area contributed by atoms with Crippen LogP contribution in [0.15, 0.2) is 30.3 Å². The second-order valence-electron chi connectivity index (χ2n) is 17.9. The van der Waals surface area contributed by atoms with E-state index in [9.17, 15) is 62.3 Å². The van der Waals surface area contributed by atoms with E-state index in [2.05, 4.69) is 63.8 Å². The first-order valence-electron chi connectivity index (χ1n) is 24.1. The minimum Gasteiger partial charge on any atom is -0.480 e. The number of nitrogens with two attached hydrogens (primary N) is 1. The standard InChI is InChI=1S/C47H75N13O14/c1-22(36(62)50-23(2)38(64)52-25(4)40(66)54-27(6)42(68)56-29(8)44(70)58-31(10)47(73)74)49-37(63)24(3)51-39(65)26(5)53-41(67)28(7)55-43(69)30(9)57-46(72)35(21-33-17-13-12-14-18-33)60-45(71)34(59-32(11)61)19-15-16-20-48/h12-14,17-18,22-31,34-35H,15-16,19-21,48H2,1-11H3,(H,49,63)(H,50,62)(H,51,65)(H,52,64)(H,53,67)(H,54,66)(H,55,69)(H,56,68)(H,57,72)(H,58,70)(H,59,61)(H,60,71)(H,73,74)/t22-,23-,24-,25-,26-,27-,28-,29-,30-,31-,34-,35-/m0/s1. The van der Waals surface area contributed by atoms with Crippen LogP contribution in [0.2, 0.25) is 0 Å². The lowest BCUT2D eigenvalue weighted by molar-refractivity contribution is -0.141. The number of benzene rings is 1. The molecular formula is C47H75N13O14. The highest BCUT2D eigenvalue weighted by molar-refractivity contribution is 5.99. The average molecular weight is 1050 g/mol. The topological polar surface area (TPSA) is 413 Å². The number of carboxylic acid groups (broad SMARTS) is 1. The number of nitrogens with one attached hydrogen (secondary N) is 12. The van der Waals surface area contributed by atoms with Crippen LogP contribution in [0, 0.1) is 0 Å². The first kappa shape index (κ1) is 64.3. The molecule has 1 aromatic carbocycles. The van der Waals surface area contributed by atoms with Gasteiger partial charge in [0.15, 0.2) is 0 Å². The monoisotopic (exact) mass is 1050 g/mol. The summed E-state index contributed by atoms with van der Waals surface area (Å²) >= 11 is 0. The fourth-order valence-corrected chi connectivity index (χ4v) is 6.35. The van der Waals surface area contributed by atoms with Gasteiger partial charge in [-0.3, -0.25) is 62.3 Å². The molecule has 0 saturated heterocycles. The van der Waals surface area contributed by atoms with Crippen molar-refractivity contribution in [3.63, 3.8) is 0 Å². The lowest BCUT2D eigenvalue weighted by Gasteiger charge is -2.25. The van der Waals surface area contributed by atoms with Gasteiger partial charge in [0, 0.05) is 13.3 Å². The Bertz CT molecular complexity index is 2180. The van der Waals surface area contributed by atoms with E-state index in [-0.39, 0.29) is 12.8 Å². The summed E-state index contributed by atoms with van der Waals surface area (Å²) in [5.41, 5.74) is 6.28. The minimum absolute atomic E-state index is 0.0419. The van der Waals surface area contributed by atoms with Crippen LogP contribution in [0.1, 0.15) is 101 Å². The zero-order valence-corrected chi connectivity index (χ0v) is 43.7. The molecule has 15 N–H and O–H groups in total. The number of rotatable bonds is 30. The van der Waals surface area contributed by atoms with E-state index in [0.29, 0.717) is 24.9 Å². The fourth-order valence-electron chi connectivity index (χ4n) is 6.35. The molecular weight excluding hydrogens is 971 g/mol. The van der Waals surface area contributed by atoms with Crippen molar-refractivity contribution in [3.8, 4) is 0 Å². The van der Waals surface area contributed by atoms with Crippen molar-refractivity contribution >= 4 is 76.9 Å². The van der Waals surface area contributed by atoms with E-state index in [0.717, 1.165) is 0 Å². The molecule has 1 aromatic rings. The second-order valence-corrected chi connectivity index (χ2v) is 17.9. The van der Waals surface area contributed by atoms with Crippen molar-refractivity contribution in [2.75, 3.05) is 6.54 Å². The summed E-state index contributed by atoms with van der Waals surface area (Å²) in [5, 5.41) is 38.1. The number of carbonyl (C=O) groups excluding carboxylic acids is 12. The molecule has 12 atom stereocenters. The van der Waals surface area contributed by atoms with Crippen molar-refractivity contribution in [1.29, 1.82) is 0 Å². The molecule has 27 nitrogen and oxygen atoms in total. The van der Waals surface area contributed by atoms with Crippen LogP contribution >= 0.6 is 0 Å². The Labute approximate surface area is 429 Å². The molecule has 0 aromatic heterocycles. The number of hydrogen-bond donors (Lipinski definition) is 14. The Balaban J connectivity index is 2.71. The van der Waals surface area contributed by atoms with Gasteiger partial charge >= 0.3 is 5.97 Å². The van der Waals surface area contributed by atoms with Crippen LogP contribution in [-0.2, 0) is 68.7 Å². The zero-order valence-electron chi connectivity index (χ0n) is 43.7. The summed E-state index contributed by atoms with van der Waals surface area (Å²) in [7, 11) is 0. The van der Waals surface area contributed by atoms with E-state index < -0.39 is 149 Å². The normalized spacial score (nSPS) is 15.7. The Morgan fingerprint density at radius 1 is 0.378 bits per heavy atom. The summed E-state index contributed by atoms with van der Waals surface area (Å²) in [4.78, 5) is 165. The van der Waals surface area contributed by atoms with Gasteiger partial charge in [-0.05, 0) is 101 Å². The van der Waals surface area contributed by atoms with Crippen molar-refractivity contribution in [1.82, 2.24) is 63.8 Å². The molecule has 412 valence electrons. The molecule has 27 heteroatoms. The molecule has 0 heterocycles. The Hall–Kier alpha value is -7.71. The summed E-state index contributed by atoms with van der Waals surface area (Å²) in [5.74, 6) is -10.2. The van der Waals surface area contributed by atoms with Gasteiger partial charge in [-0.1, -0.05) is 30.3 Å². The van der Waals surface area contributed by atoms with Gasteiger partial charge in [0.2, 0.25) is 70.9 Å². The van der Waals surface area contributed by atoms with E-state index in [4.69, 9.17) is 10.8 Å². The van der Waals surface area contributed by atoms with Gasteiger partial charge in [-0.25, -0.2) is 0 Å². The predicted octanol–water partition coefficient (Wildman–Crippen LogP) is -4.52. The van der Waals surface area contributed by atoms with Gasteiger partial charge in [0.25, 0.3) is 0 Å². The van der Waals surface area contributed by atoms with Crippen LogP contribution in [0.3, 0.4) is 0 Å². The van der Waals surface area contributed by atoms with Gasteiger partial charge in [0.05, 0.1) is 0 Å².